The van der Waals surface area contributed by atoms with Crippen LogP contribution in [0.15, 0.2) is 16.7 Å². The molecule has 0 saturated carbocycles. The highest BCUT2D eigenvalue weighted by Gasteiger charge is 2.32. The Morgan fingerprint density at radius 1 is 1.53 bits per heavy atom. The van der Waals surface area contributed by atoms with E-state index in [1.54, 1.807) is 10.8 Å². The smallest absolute Gasteiger partial charge is 0.202 e. The predicted molar refractivity (Wildman–Crippen MR) is 76.4 cm³/mol. The van der Waals surface area contributed by atoms with Crippen LogP contribution >= 0.6 is 15.9 Å². The van der Waals surface area contributed by atoms with E-state index in [0.717, 1.165) is 10.9 Å². The summed E-state index contributed by atoms with van der Waals surface area (Å²) in [6.07, 6.45) is 3.06. The van der Waals surface area contributed by atoms with E-state index in [0.29, 0.717) is 30.1 Å². The van der Waals surface area contributed by atoms with Crippen molar-refractivity contribution in [2.45, 2.75) is 24.6 Å². The first-order valence-corrected chi connectivity index (χ1v) is 8.47. The lowest BCUT2D eigenvalue weighted by Gasteiger charge is -2.11. The number of nitrogen functional groups attached to an aromatic ring is 1. The zero-order valence-electron chi connectivity index (χ0n) is 10.1. The van der Waals surface area contributed by atoms with E-state index < -0.39 is 9.84 Å². The van der Waals surface area contributed by atoms with E-state index in [-0.39, 0.29) is 11.0 Å². The van der Waals surface area contributed by atoms with Gasteiger partial charge in [-0.1, -0.05) is 0 Å². The minimum Gasteiger partial charge on any atom is -0.369 e. The average molecular weight is 345 g/mol. The number of rotatable bonds is 2. The van der Waals surface area contributed by atoms with Gasteiger partial charge in [0.15, 0.2) is 15.5 Å². The molecule has 2 N–H and O–H groups in total. The highest BCUT2D eigenvalue weighted by Crippen LogP contribution is 2.25. The molecule has 1 aliphatic rings. The zero-order valence-corrected chi connectivity index (χ0v) is 12.5. The SMILES string of the molecule is Nc1nc2cc(Br)cnc2n1CC1CCCS1(=O)=O. The number of nitrogens with zero attached hydrogens (tertiary/aromatic N) is 3. The Kier molecular flexibility index (Phi) is 3.01. The third-order valence-corrected chi connectivity index (χ3v) is 6.12. The highest BCUT2D eigenvalue weighted by molar-refractivity contribution is 9.10. The number of fused-ring (bicyclic) bond motifs is 1. The molecular weight excluding hydrogens is 332 g/mol. The van der Waals surface area contributed by atoms with Gasteiger partial charge in [-0.15, -0.1) is 0 Å². The molecule has 2 aromatic heterocycles. The van der Waals surface area contributed by atoms with E-state index in [2.05, 4.69) is 25.9 Å². The van der Waals surface area contributed by atoms with Crippen molar-refractivity contribution in [2.75, 3.05) is 11.5 Å². The first-order valence-electron chi connectivity index (χ1n) is 5.96. The van der Waals surface area contributed by atoms with Crippen molar-refractivity contribution in [3.63, 3.8) is 0 Å². The number of aromatic nitrogens is 3. The molecule has 1 fully saturated rings. The maximum Gasteiger partial charge on any atom is 0.202 e. The lowest BCUT2D eigenvalue weighted by molar-refractivity contribution is 0.570. The van der Waals surface area contributed by atoms with E-state index in [9.17, 15) is 8.42 Å². The molecule has 102 valence electrons. The Morgan fingerprint density at radius 2 is 2.32 bits per heavy atom. The molecule has 1 atom stereocenters. The fourth-order valence-corrected chi connectivity index (χ4v) is 4.57. The summed E-state index contributed by atoms with van der Waals surface area (Å²) in [7, 11) is -3.00. The van der Waals surface area contributed by atoms with Gasteiger partial charge in [0.25, 0.3) is 0 Å². The molecule has 1 unspecified atom stereocenters. The summed E-state index contributed by atoms with van der Waals surface area (Å²) >= 11 is 3.32. The minimum absolute atomic E-state index is 0.267. The van der Waals surface area contributed by atoms with Gasteiger partial charge in [0, 0.05) is 17.2 Å². The van der Waals surface area contributed by atoms with Crippen molar-refractivity contribution in [1.29, 1.82) is 0 Å². The number of hydrogen-bond donors (Lipinski definition) is 1. The highest BCUT2D eigenvalue weighted by atomic mass is 79.9. The fourth-order valence-electron chi connectivity index (χ4n) is 2.45. The monoisotopic (exact) mass is 344 g/mol. The zero-order chi connectivity index (χ0) is 13.6. The molecular formula is C11H13BrN4O2S. The number of nitrogens with two attached hydrogens (primary N) is 1. The summed E-state index contributed by atoms with van der Waals surface area (Å²) in [4.78, 5) is 8.49. The predicted octanol–water partition coefficient (Wildman–Crippen LogP) is 1.35. The maximum absolute atomic E-state index is 11.9. The van der Waals surface area contributed by atoms with Crippen molar-refractivity contribution in [3.05, 3.63) is 16.7 Å². The molecule has 0 amide bonds. The fraction of sp³-hybridized carbons (Fsp3) is 0.455. The lowest BCUT2D eigenvalue weighted by Crippen LogP contribution is -2.23. The molecule has 1 saturated heterocycles. The molecule has 19 heavy (non-hydrogen) atoms. The van der Waals surface area contributed by atoms with Crippen LogP contribution in [0.3, 0.4) is 0 Å². The van der Waals surface area contributed by atoms with Crippen LogP contribution in [0, 0.1) is 0 Å². The summed E-state index contributed by atoms with van der Waals surface area (Å²) in [5.41, 5.74) is 7.17. The van der Waals surface area contributed by atoms with Gasteiger partial charge in [-0.25, -0.2) is 18.4 Å². The van der Waals surface area contributed by atoms with Crippen molar-refractivity contribution in [1.82, 2.24) is 14.5 Å². The second-order valence-electron chi connectivity index (χ2n) is 4.71. The number of sulfone groups is 1. The molecule has 8 heteroatoms. The van der Waals surface area contributed by atoms with E-state index in [4.69, 9.17) is 5.73 Å². The van der Waals surface area contributed by atoms with Crippen LogP contribution in [0.5, 0.6) is 0 Å². The molecule has 1 aliphatic heterocycles. The first kappa shape index (κ1) is 12.9. The topological polar surface area (TPSA) is 90.9 Å². The van der Waals surface area contributed by atoms with Crippen LogP contribution in [-0.4, -0.2) is 34.0 Å². The number of anilines is 1. The molecule has 0 spiro atoms. The summed E-state index contributed by atoms with van der Waals surface area (Å²) in [5, 5.41) is -0.377. The molecule has 0 bridgehead atoms. The van der Waals surface area contributed by atoms with Gasteiger partial charge in [-0.2, -0.15) is 0 Å². The average Bonchev–Trinajstić information content (AvgIpc) is 2.80. The van der Waals surface area contributed by atoms with Crippen molar-refractivity contribution in [2.24, 2.45) is 0 Å². The van der Waals surface area contributed by atoms with Crippen LogP contribution in [-0.2, 0) is 16.4 Å². The normalized spacial score (nSPS) is 22.1. The molecule has 2 aromatic rings. The lowest BCUT2D eigenvalue weighted by atomic mass is 10.2. The quantitative estimate of drug-likeness (QED) is 0.887. The van der Waals surface area contributed by atoms with Crippen LogP contribution in [0.2, 0.25) is 0 Å². The summed E-state index contributed by atoms with van der Waals surface area (Å²) in [6.45, 7) is 0.333. The van der Waals surface area contributed by atoms with Gasteiger partial charge in [0.2, 0.25) is 5.95 Å². The van der Waals surface area contributed by atoms with Crippen molar-refractivity contribution < 1.29 is 8.42 Å². The molecule has 3 heterocycles. The Morgan fingerprint density at radius 3 is 3.00 bits per heavy atom. The molecule has 6 nitrogen and oxygen atoms in total. The van der Waals surface area contributed by atoms with Crippen LogP contribution in [0.1, 0.15) is 12.8 Å². The Labute approximate surface area is 119 Å². The van der Waals surface area contributed by atoms with Gasteiger partial charge < -0.3 is 5.73 Å². The third-order valence-electron chi connectivity index (χ3n) is 3.43. The number of pyridine rings is 1. The first-order chi connectivity index (χ1) is 8.97. The number of hydrogen-bond acceptors (Lipinski definition) is 5. The Bertz CT molecular complexity index is 740. The van der Waals surface area contributed by atoms with Gasteiger partial charge in [-0.05, 0) is 34.8 Å². The molecule has 0 aromatic carbocycles. The van der Waals surface area contributed by atoms with Crippen molar-refractivity contribution in [3.8, 4) is 0 Å². The maximum atomic E-state index is 11.9. The van der Waals surface area contributed by atoms with E-state index >= 15 is 0 Å². The summed E-state index contributed by atoms with van der Waals surface area (Å²) in [6, 6.07) is 1.82. The van der Waals surface area contributed by atoms with Gasteiger partial charge in [-0.3, -0.25) is 4.57 Å². The van der Waals surface area contributed by atoms with Crippen molar-refractivity contribution >= 4 is 42.9 Å². The van der Waals surface area contributed by atoms with Gasteiger partial charge >= 0.3 is 0 Å². The Balaban J connectivity index is 2.03. The second kappa shape index (κ2) is 4.45. The largest absolute Gasteiger partial charge is 0.369 e. The standard InChI is InChI=1S/C11H13BrN4O2S/c12-7-4-9-10(14-5-7)16(11(13)15-9)6-8-2-1-3-19(8,17)18/h4-5,8H,1-3,6H2,(H2,13,15). The molecule has 3 rings (SSSR count). The van der Waals surface area contributed by atoms with Gasteiger partial charge in [0.05, 0.1) is 11.0 Å². The molecule has 0 aliphatic carbocycles. The third kappa shape index (κ3) is 2.23. The van der Waals surface area contributed by atoms with Crippen LogP contribution < -0.4 is 5.73 Å². The molecule has 0 radical (unpaired) electrons. The summed E-state index contributed by atoms with van der Waals surface area (Å²) < 4.78 is 26.3. The Hall–Kier alpha value is -1.15. The van der Waals surface area contributed by atoms with Crippen LogP contribution in [0.4, 0.5) is 5.95 Å². The minimum atomic E-state index is -3.00. The second-order valence-corrected chi connectivity index (χ2v) is 8.02. The van der Waals surface area contributed by atoms with Crippen LogP contribution in [0.25, 0.3) is 11.2 Å². The number of imidazole rings is 1. The summed E-state index contributed by atoms with van der Waals surface area (Å²) in [5.74, 6) is 0.575. The van der Waals surface area contributed by atoms with E-state index in [1.807, 2.05) is 6.07 Å². The number of halogens is 1. The van der Waals surface area contributed by atoms with Gasteiger partial charge in [0.1, 0.15) is 5.52 Å². The van der Waals surface area contributed by atoms with E-state index in [1.165, 1.54) is 0 Å².